The number of quaternary nitrogens is 1. The molecule has 4 atom stereocenters. The maximum atomic E-state index is 10.7. The molecule has 0 rings (SSSR count). The first-order valence-corrected chi connectivity index (χ1v) is 32.8. The Hall–Kier alpha value is 0.968. The summed E-state index contributed by atoms with van der Waals surface area (Å²) in [7, 11) is 0.560. The lowest BCUT2D eigenvalue weighted by atomic mass is 10.2. The molecule has 0 aliphatic rings. The molecule has 0 radical (unpaired) electrons. The summed E-state index contributed by atoms with van der Waals surface area (Å²) in [5.74, 6) is 0.188. The number of aliphatic hydroxyl groups is 4. The van der Waals surface area contributed by atoms with Crippen molar-refractivity contribution >= 4 is 44.9 Å². The number of aliphatic hydroxyl groups excluding tert-OH is 4. The number of halogens is 2. The lowest BCUT2D eigenvalue weighted by Gasteiger charge is -2.34. The Labute approximate surface area is 346 Å². The molecule has 18 heteroatoms. The van der Waals surface area contributed by atoms with E-state index in [0.717, 1.165) is 49.9 Å². The number of hydrogen-bond acceptors (Lipinski definition) is 11. The van der Waals surface area contributed by atoms with E-state index in [4.69, 9.17) is 38.8 Å². The summed E-state index contributed by atoms with van der Waals surface area (Å²) in [6.07, 6.45) is 1.36. The molecule has 0 aromatic carbocycles. The second kappa shape index (κ2) is 29.2. The van der Waals surface area contributed by atoms with Crippen molar-refractivity contribution < 1.29 is 64.5 Å². The maximum absolute atomic E-state index is 10.7. The Kier molecular flexibility index (Phi) is 30.9. The van der Waals surface area contributed by atoms with E-state index in [9.17, 15) is 20.4 Å². The molecule has 54 heavy (non-hydrogen) atoms. The van der Waals surface area contributed by atoms with E-state index in [1.54, 1.807) is 0 Å². The molecule has 0 aliphatic carbocycles. The van der Waals surface area contributed by atoms with Crippen molar-refractivity contribution in [1.82, 2.24) is 4.90 Å². The van der Waals surface area contributed by atoms with Crippen LogP contribution in [0, 0.1) is 0 Å². The molecular formula is C36H84Cl2N2O10Si4. The average Bonchev–Trinajstić information content (AvgIpc) is 2.97. The number of nitrogens with zero attached hydrogens (tertiary/aromatic N) is 2. The Morgan fingerprint density at radius 2 is 0.796 bits per heavy atom. The highest BCUT2D eigenvalue weighted by atomic mass is 35.5. The smallest absolute Gasteiger partial charge is 0.173 e. The van der Waals surface area contributed by atoms with Crippen LogP contribution in [0.25, 0.3) is 0 Å². The average molecular weight is 888 g/mol. The van der Waals surface area contributed by atoms with Crippen molar-refractivity contribution in [3.05, 3.63) is 0 Å². The van der Waals surface area contributed by atoms with Gasteiger partial charge in [0.2, 0.25) is 0 Å². The van der Waals surface area contributed by atoms with Crippen LogP contribution in [0.3, 0.4) is 0 Å². The molecule has 0 fully saturated rings. The predicted octanol–water partition coefficient (Wildman–Crippen LogP) is 1.79. The number of hydrogen-bond donors (Lipinski definition) is 4. The SMILES string of the molecule is CN(C)CC(O)COCCC[Si](C)(C)O[Si](C)(C)CCCOCC(O)C[N+](C)(C)CC(O)COCCC[Si](C)(C)O[Si](C)(C)CCCOCC(O)CCl.[Cl-]. The molecule has 12 nitrogen and oxygen atoms in total. The fourth-order valence-corrected chi connectivity index (χ4v) is 24.5. The molecule has 0 saturated heterocycles. The van der Waals surface area contributed by atoms with E-state index < -0.39 is 57.7 Å². The molecule has 0 aliphatic heterocycles. The van der Waals surface area contributed by atoms with Crippen molar-refractivity contribution in [3.63, 3.8) is 0 Å². The van der Waals surface area contributed by atoms with Crippen LogP contribution in [0.15, 0.2) is 0 Å². The summed E-state index contributed by atoms with van der Waals surface area (Å²) in [5.41, 5.74) is 0. The van der Waals surface area contributed by atoms with E-state index in [1.165, 1.54) is 0 Å². The fourth-order valence-electron chi connectivity index (χ4n) is 6.82. The van der Waals surface area contributed by atoms with Gasteiger partial charge >= 0.3 is 0 Å². The van der Waals surface area contributed by atoms with Crippen molar-refractivity contribution in [2.75, 3.05) is 107 Å². The fraction of sp³-hybridized carbons (Fsp3) is 1.00. The molecule has 4 unspecified atom stereocenters. The molecular weight excluding hydrogens is 804 g/mol. The molecule has 0 spiro atoms. The Morgan fingerprint density at radius 1 is 0.519 bits per heavy atom. The van der Waals surface area contributed by atoms with Crippen molar-refractivity contribution in [3.8, 4) is 0 Å². The third-order valence-corrected chi connectivity index (χ3v) is 24.2. The normalized spacial score (nSPS) is 15.7. The standard InChI is InChI=1S/C36H84ClN2O10Si4.ClH/c1-38(2)26-34(41)30-45-18-14-22-51(7,8)49-53(11,12)24-16-20-47-32-36(43)28-39(3,4)27-35(42)31-46-19-15-23-52(9,10)48-50(5,6)21-13-17-44-29-33(40)25-37;/h33-36,40-43H,13-32H2,1-12H3;1H/q+1;/p-1. The quantitative estimate of drug-likeness (QED) is 0.0321. The van der Waals surface area contributed by atoms with Gasteiger partial charge in [-0.1, -0.05) is 0 Å². The first-order chi connectivity index (χ1) is 24.4. The highest BCUT2D eigenvalue weighted by Gasteiger charge is 2.34. The van der Waals surface area contributed by atoms with Crippen LogP contribution in [0.1, 0.15) is 25.7 Å². The second-order valence-electron chi connectivity index (χ2n) is 18.3. The van der Waals surface area contributed by atoms with Gasteiger partial charge in [0, 0.05) is 33.0 Å². The summed E-state index contributed by atoms with van der Waals surface area (Å²) in [5, 5.41) is 40.8. The van der Waals surface area contributed by atoms with Crippen LogP contribution in [-0.4, -0.2) is 194 Å². The zero-order valence-electron chi connectivity index (χ0n) is 36.3. The summed E-state index contributed by atoms with van der Waals surface area (Å²) < 4.78 is 36.8. The topological polar surface area (TPSA) is 140 Å². The molecule has 4 N–H and O–H groups in total. The van der Waals surface area contributed by atoms with Crippen molar-refractivity contribution in [2.24, 2.45) is 0 Å². The number of rotatable bonds is 35. The minimum absolute atomic E-state index is 0. The summed E-state index contributed by atoms with van der Waals surface area (Å²) in [6.45, 7) is 23.3. The lowest BCUT2D eigenvalue weighted by Crippen LogP contribution is -3.00. The van der Waals surface area contributed by atoms with Crippen LogP contribution < -0.4 is 12.4 Å². The molecule has 0 bridgehead atoms. The van der Waals surface area contributed by atoms with Crippen LogP contribution in [-0.2, 0) is 27.2 Å². The van der Waals surface area contributed by atoms with Crippen LogP contribution in [0.4, 0.5) is 0 Å². The van der Waals surface area contributed by atoms with Gasteiger partial charge in [-0.05, 0) is 116 Å². The minimum Gasteiger partial charge on any atom is -1.00 e. The highest BCUT2D eigenvalue weighted by Crippen LogP contribution is 2.25. The second-order valence-corrected chi connectivity index (χ2v) is 36.3. The summed E-state index contributed by atoms with van der Waals surface area (Å²) in [4.78, 5) is 1.95. The van der Waals surface area contributed by atoms with Gasteiger partial charge in [-0.2, -0.15) is 0 Å². The highest BCUT2D eigenvalue weighted by molar-refractivity contribution is 6.85. The monoisotopic (exact) mass is 886 g/mol. The zero-order valence-corrected chi connectivity index (χ0v) is 41.9. The third-order valence-electron chi connectivity index (χ3n) is 8.78. The molecule has 328 valence electrons. The number of alkyl halides is 1. The van der Waals surface area contributed by atoms with E-state index in [-0.39, 0.29) is 38.1 Å². The van der Waals surface area contributed by atoms with Gasteiger partial charge in [0.15, 0.2) is 33.3 Å². The molecule has 0 aromatic rings. The van der Waals surface area contributed by atoms with Gasteiger partial charge in [0.25, 0.3) is 0 Å². The predicted molar refractivity (Wildman–Crippen MR) is 228 cm³/mol. The van der Waals surface area contributed by atoms with Crippen molar-refractivity contribution in [2.45, 2.75) is 127 Å². The van der Waals surface area contributed by atoms with Crippen LogP contribution in [0.2, 0.25) is 76.6 Å². The molecule has 0 saturated carbocycles. The molecule has 0 heterocycles. The van der Waals surface area contributed by atoms with Crippen LogP contribution in [0.5, 0.6) is 0 Å². The Balaban J connectivity index is 0. The number of ether oxygens (including phenoxy) is 4. The van der Waals surface area contributed by atoms with E-state index in [2.05, 4.69) is 52.4 Å². The van der Waals surface area contributed by atoms with Gasteiger partial charge in [-0.25, -0.2) is 0 Å². The summed E-state index contributed by atoms with van der Waals surface area (Å²) in [6, 6.07) is 4.05. The molecule has 0 aromatic heterocycles. The summed E-state index contributed by atoms with van der Waals surface area (Å²) >= 11 is 5.61. The lowest BCUT2D eigenvalue weighted by molar-refractivity contribution is -0.896. The van der Waals surface area contributed by atoms with Crippen molar-refractivity contribution in [1.29, 1.82) is 0 Å². The van der Waals surface area contributed by atoms with E-state index in [0.29, 0.717) is 57.2 Å². The minimum atomic E-state index is -1.85. The van der Waals surface area contributed by atoms with E-state index >= 15 is 0 Å². The van der Waals surface area contributed by atoms with E-state index in [1.807, 2.05) is 33.1 Å². The van der Waals surface area contributed by atoms with Gasteiger partial charge < -0.3 is 69.4 Å². The Bertz CT molecular complexity index is 931. The first-order valence-electron chi connectivity index (χ1n) is 19.8. The Morgan fingerprint density at radius 3 is 1.07 bits per heavy atom. The van der Waals surface area contributed by atoms with Gasteiger partial charge in [-0.3, -0.25) is 0 Å². The third kappa shape index (κ3) is 33.9. The van der Waals surface area contributed by atoms with Crippen LogP contribution >= 0.6 is 11.6 Å². The van der Waals surface area contributed by atoms with Gasteiger partial charge in [-0.15, -0.1) is 11.6 Å². The largest absolute Gasteiger partial charge is 1.00 e. The number of likely N-dealkylation sites (N-methyl/N-ethyl adjacent to an activating group) is 2. The first kappa shape index (κ1) is 57.1. The maximum Gasteiger partial charge on any atom is 0.173 e. The van der Waals surface area contributed by atoms with Gasteiger partial charge in [0.1, 0.15) is 25.3 Å². The van der Waals surface area contributed by atoms with Gasteiger partial charge in [0.05, 0.1) is 58.6 Å². The molecule has 0 amide bonds. The zero-order chi connectivity index (χ0) is 40.8.